The highest BCUT2D eigenvalue weighted by atomic mass is 19.4. The fourth-order valence-corrected chi connectivity index (χ4v) is 3.48. The Hall–Kier alpha value is -2.50. The Bertz CT molecular complexity index is 810. The summed E-state index contributed by atoms with van der Waals surface area (Å²) in [5, 5.41) is 11.6. The number of carboxylic acid groups (broad SMARTS) is 1. The van der Waals surface area contributed by atoms with Crippen molar-refractivity contribution in [1.29, 1.82) is 0 Å². The zero-order valence-corrected chi connectivity index (χ0v) is 13.8. The lowest BCUT2D eigenvalue weighted by Crippen LogP contribution is -2.34. The maximum Gasteiger partial charge on any atom is 0.416 e. The van der Waals surface area contributed by atoms with Crippen molar-refractivity contribution in [2.45, 2.75) is 32.5 Å². The van der Waals surface area contributed by atoms with Crippen molar-refractivity contribution in [1.82, 2.24) is 5.32 Å². The number of rotatable bonds is 2. The lowest BCUT2D eigenvalue weighted by atomic mass is 9.85. The van der Waals surface area contributed by atoms with Crippen LogP contribution in [0.5, 0.6) is 0 Å². The fourth-order valence-electron chi connectivity index (χ4n) is 3.48. The van der Waals surface area contributed by atoms with Gasteiger partial charge in [-0.05, 0) is 46.2 Å². The number of nitrogens with one attached hydrogen (secondary N) is 1. The summed E-state index contributed by atoms with van der Waals surface area (Å²) in [5.41, 5.74) is 2.51. The van der Waals surface area contributed by atoms with Gasteiger partial charge in [0.25, 0.3) is 0 Å². The summed E-state index contributed by atoms with van der Waals surface area (Å²) in [5.74, 6) is 0. The third-order valence-corrected chi connectivity index (χ3v) is 4.69. The van der Waals surface area contributed by atoms with Crippen molar-refractivity contribution in [2.24, 2.45) is 5.41 Å². The normalized spacial score (nSPS) is 18.7. The summed E-state index contributed by atoms with van der Waals surface area (Å²) in [6.07, 6.45) is -4.73. The van der Waals surface area contributed by atoms with Gasteiger partial charge in [-0.3, -0.25) is 0 Å². The Labute approximate surface area is 143 Å². The van der Waals surface area contributed by atoms with E-state index in [2.05, 4.69) is 5.32 Å². The van der Waals surface area contributed by atoms with Gasteiger partial charge in [-0.25, -0.2) is 4.79 Å². The highest BCUT2D eigenvalue weighted by Gasteiger charge is 2.40. The molecule has 2 aromatic rings. The fraction of sp³-hybridized carbons (Fsp3) is 0.316. The van der Waals surface area contributed by atoms with Gasteiger partial charge in [-0.1, -0.05) is 44.2 Å². The van der Waals surface area contributed by atoms with Crippen LogP contribution >= 0.6 is 0 Å². The summed E-state index contributed by atoms with van der Waals surface area (Å²) in [4.78, 5) is 11.1. The van der Waals surface area contributed by atoms with E-state index in [-0.39, 0.29) is 11.5 Å². The zero-order valence-electron chi connectivity index (χ0n) is 13.8. The zero-order chi connectivity index (χ0) is 18.4. The van der Waals surface area contributed by atoms with Crippen molar-refractivity contribution in [3.8, 4) is 11.1 Å². The van der Waals surface area contributed by atoms with E-state index >= 15 is 0 Å². The van der Waals surface area contributed by atoms with Gasteiger partial charge in [-0.2, -0.15) is 13.2 Å². The molecular weight excluding hydrogens is 331 g/mol. The standard InChI is InChI=1S/C19H18F3NO2/c1-18(2)10-13-9-12(5-8-15(13)16(18)23-17(24)25)11-3-6-14(7-4-11)19(20,21)22/h3-9,16,23H,10H2,1-2H3,(H,24,25). The third-order valence-electron chi connectivity index (χ3n) is 4.69. The number of benzene rings is 2. The quantitative estimate of drug-likeness (QED) is 0.777. The monoisotopic (exact) mass is 349 g/mol. The highest BCUT2D eigenvalue weighted by molar-refractivity contribution is 5.68. The molecule has 0 saturated carbocycles. The van der Waals surface area contributed by atoms with Crippen molar-refractivity contribution < 1.29 is 23.1 Å². The predicted octanol–water partition coefficient (Wildman–Crippen LogP) is 5.26. The molecule has 1 aliphatic carbocycles. The second kappa shape index (κ2) is 5.79. The van der Waals surface area contributed by atoms with Crippen molar-refractivity contribution in [2.75, 3.05) is 0 Å². The van der Waals surface area contributed by atoms with Crippen LogP contribution in [-0.4, -0.2) is 11.2 Å². The average Bonchev–Trinajstić information content (AvgIpc) is 2.76. The van der Waals surface area contributed by atoms with E-state index in [9.17, 15) is 18.0 Å². The molecule has 25 heavy (non-hydrogen) atoms. The van der Waals surface area contributed by atoms with Crippen LogP contribution in [0, 0.1) is 5.41 Å². The third kappa shape index (κ3) is 3.34. The van der Waals surface area contributed by atoms with E-state index in [1.807, 2.05) is 32.0 Å². The Morgan fingerprint density at radius 2 is 1.72 bits per heavy atom. The Kier molecular flexibility index (Phi) is 4.01. The molecule has 1 unspecified atom stereocenters. The first-order valence-corrected chi connectivity index (χ1v) is 7.88. The van der Waals surface area contributed by atoms with Gasteiger partial charge >= 0.3 is 12.3 Å². The van der Waals surface area contributed by atoms with E-state index in [1.54, 1.807) is 0 Å². The smallest absolute Gasteiger partial charge is 0.416 e. The molecule has 0 spiro atoms. The maximum absolute atomic E-state index is 12.7. The molecule has 3 rings (SSSR count). The number of alkyl halides is 3. The molecule has 0 fully saturated rings. The number of hydrogen-bond donors (Lipinski definition) is 2. The molecule has 6 heteroatoms. The molecule has 0 aliphatic heterocycles. The number of amides is 1. The van der Waals surface area contributed by atoms with Gasteiger partial charge in [-0.15, -0.1) is 0 Å². The summed E-state index contributed by atoms with van der Waals surface area (Å²) in [6.45, 7) is 3.98. The topological polar surface area (TPSA) is 49.3 Å². The van der Waals surface area contributed by atoms with Gasteiger partial charge in [0.15, 0.2) is 0 Å². The van der Waals surface area contributed by atoms with E-state index < -0.39 is 17.8 Å². The number of hydrogen-bond acceptors (Lipinski definition) is 1. The molecular formula is C19H18F3NO2. The molecule has 132 valence electrons. The molecule has 2 aromatic carbocycles. The van der Waals surface area contributed by atoms with Crippen LogP contribution in [0.2, 0.25) is 0 Å². The van der Waals surface area contributed by atoms with Gasteiger partial charge < -0.3 is 10.4 Å². The lowest BCUT2D eigenvalue weighted by Gasteiger charge is -2.27. The van der Waals surface area contributed by atoms with Gasteiger partial charge in [0.05, 0.1) is 11.6 Å². The molecule has 0 radical (unpaired) electrons. The second-order valence-corrected chi connectivity index (χ2v) is 7.04. The van der Waals surface area contributed by atoms with E-state index in [4.69, 9.17) is 5.11 Å². The van der Waals surface area contributed by atoms with Crippen molar-refractivity contribution in [3.05, 3.63) is 59.2 Å². The molecule has 1 amide bonds. The average molecular weight is 349 g/mol. The van der Waals surface area contributed by atoms with Crippen LogP contribution in [0.1, 0.15) is 36.6 Å². The Morgan fingerprint density at radius 1 is 1.12 bits per heavy atom. The van der Waals surface area contributed by atoms with Crippen LogP contribution in [-0.2, 0) is 12.6 Å². The predicted molar refractivity (Wildman–Crippen MR) is 88.3 cm³/mol. The van der Waals surface area contributed by atoms with E-state index in [1.165, 1.54) is 12.1 Å². The molecule has 0 bridgehead atoms. The first-order valence-electron chi connectivity index (χ1n) is 7.88. The molecule has 2 N–H and O–H groups in total. The minimum absolute atomic E-state index is 0.264. The number of fused-ring (bicyclic) bond motifs is 1. The lowest BCUT2D eigenvalue weighted by molar-refractivity contribution is -0.137. The van der Waals surface area contributed by atoms with Crippen molar-refractivity contribution in [3.63, 3.8) is 0 Å². The van der Waals surface area contributed by atoms with Crippen LogP contribution in [0.4, 0.5) is 18.0 Å². The Morgan fingerprint density at radius 3 is 2.28 bits per heavy atom. The largest absolute Gasteiger partial charge is 0.465 e. The summed E-state index contributed by atoms with van der Waals surface area (Å²) in [6, 6.07) is 10.4. The van der Waals surface area contributed by atoms with E-state index in [0.29, 0.717) is 12.0 Å². The summed E-state index contributed by atoms with van der Waals surface area (Å²) < 4.78 is 38.0. The molecule has 3 nitrogen and oxygen atoms in total. The van der Waals surface area contributed by atoms with Gasteiger partial charge in [0, 0.05) is 0 Å². The molecule has 1 aliphatic rings. The van der Waals surface area contributed by atoms with Crippen LogP contribution in [0.15, 0.2) is 42.5 Å². The molecule has 0 heterocycles. The minimum Gasteiger partial charge on any atom is -0.465 e. The first kappa shape index (κ1) is 17.3. The molecule has 0 aromatic heterocycles. The molecule has 0 saturated heterocycles. The van der Waals surface area contributed by atoms with Crippen molar-refractivity contribution >= 4 is 6.09 Å². The summed E-state index contributed by atoms with van der Waals surface area (Å²) >= 11 is 0. The van der Waals surface area contributed by atoms with E-state index in [0.717, 1.165) is 28.8 Å². The SMILES string of the molecule is CC1(C)Cc2cc(-c3ccc(C(F)(F)F)cc3)ccc2C1NC(=O)O. The van der Waals surface area contributed by atoms with Crippen LogP contribution < -0.4 is 5.32 Å². The molecule has 1 atom stereocenters. The number of carbonyl (C=O) groups is 1. The van der Waals surface area contributed by atoms with Gasteiger partial charge in [0.2, 0.25) is 0 Å². The Balaban J connectivity index is 1.94. The first-order chi connectivity index (χ1) is 11.6. The second-order valence-electron chi connectivity index (χ2n) is 7.04. The highest BCUT2D eigenvalue weighted by Crippen LogP contribution is 2.46. The van der Waals surface area contributed by atoms with Crippen LogP contribution in [0.3, 0.4) is 0 Å². The maximum atomic E-state index is 12.7. The number of halogens is 3. The minimum atomic E-state index is -4.35. The van der Waals surface area contributed by atoms with Crippen LogP contribution in [0.25, 0.3) is 11.1 Å². The van der Waals surface area contributed by atoms with Gasteiger partial charge in [0.1, 0.15) is 0 Å². The summed E-state index contributed by atoms with van der Waals surface area (Å²) in [7, 11) is 0.